The maximum Gasteiger partial charge on any atom is 0.261 e. The summed E-state index contributed by atoms with van der Waals surface area (Å²) in [5.41, 5.74) is 0.148. The van der Waals surface area contributed by atoms with Crippen molar-refractivity contribution < 1.29 is 31.8 Å². The third-order valence-corrected chi connectivity index (χ3v) is 4.67. The Hall–Kier alpha value is -4.15. The van der Waals surface area contributed by atoms with Gasteiger partial charge in [-0.2, -0.15) is 13.6 Å². The van der Waals surface area contributed by atoms with Crippen molar-refractivity contribution in [1.29, 1.82) is 0 Å². The van der Waals surface area contributed by atoms with Crippen molar-refractivity contribution in [2.75, 3.05) is 19.0 Å². The monoisotopic (exact) mass is 460 g/mol. The molecular formula is C22H16F4N4O3. The second-order valence-electron chi connectivity index (χ2n) is 6.74. The molecule has 0 bridgehead atoms. The number of carbonyl (C=O) groups is 1. The van der Waals surface area contributed by atoms with Gasteiger partial charge in [-0.15, -0.1) is 10.2 Å². The van der Waals surface area contributed by atoms with Gasteiger partial charge in [0.25, 0.3) is 5.91 Å². The van der Waals surface area contributed by atoms with Crippen molar-refractivity contribution >= 4 is 22.6 Å². The summed E-state index contributed by atoms with van der Waals surface area (Å²) >= 11 is 0. The first kappa shape index (κ1) is 22.1. The van der Waals surface area contributed by atoms with Gasteiger partial charge in [0, 0.05) is 5.69 Å². The van der Waals surface area contributed by atoms with Crippen LogP contribution in [0.4, 0.5) is 23.2 Å². The SMILES string of the molecule is CCOc1ccc(-n2nc3ccc(NC(=O)c4c(F)c(F)c(OC)c(F)c4F)cc3n2)cc1. The lowest BCUT2D eigenvalue weighted by molar-refractivity contribution is 0.101. The summed E-state index contributed by atoms with van der Waals surface area (Å²) in [5.74, 6) is -9.31. The molecule has 0 radical (unpaired) electrons. The molecule has 33 heavy (non-hydrogen) atoms. The Balaban J connectivity index is 1.62. The minimum absolute atomic E-state index is 0.0849. The molecule has 0 spiro atoms. The van der Waals surface area contributed by atoms with Crippen LogP contribution in [0.5, 0.6) is 11.5 Å². The lowest BCUT2D eigenvalue weighted by atomic mass is 10.1. The number of aromatic nitrogens is 3. The second kappa shape index (κ2) is 8.77. The Morgan fingerprint density at radius 2 is 1.58 bits per heavy atom. The van der Waals surface area contributed by atoms with Crippen LogP contribution in [0.2, 0.25) is 0 Å². The highest BCUT2D eigenvalue weighted by Crippen LogP contribution is 2.30. The van der Waals surface area contributed by atoms with E-state index in [1.54, 1.807) is 24.3 Å². The van der Waals surface area contributed by atoms with Crippen LogP contribution in [-0.2, 0) is 0 Å². The summed E-state index contributed by atoms with van der Waals surface area (Å²) in [7, 11) is 0.843. The number of carbonyl (C=O) groups excluding carboxylic acids is 1. The first-order valence-corrected chi connectivity index (χ1v) is 9.65. The molecule has 170 valence electrons. The van der Waals surface area contributed by atoms with Gasteiger partial charge in [-0.25, -0.2) is 8.78 Å². The summed E-state index contributed by atoms with van der Waals surface area (Å²) in [6.45, 7) is 2.40. The number of nitrogens with one attached hydrogen (secondary N) is 1. The predicted octanol–water partition coefficient (Wildman–Crippen LogP) is 4.64. The molecule has 0 fully saturated rings. The van der Waals surface area contributed by atoms with Gasteiger partial charge in [-0.3, -0.25) is 4.79 Å². The molecule has 4 aromatic rings. The Bertz CT molecular complexity index is 1330. The summed E-state index contributed by atoms with van der Waals surface area (Å²) < 4.78 is 66.0. The van der Waals surface area contributed by atoms with Crippen LogP contribution >= 0.6 is 0 Å². The number of hydrogen-bond acceptors (Lipinski definition) is 5. The van der Waals surface area contributed by atoms with E-state index in [2.05, 4.69) is 20.3 Å². The van der Waals surface area contributed by atoms with Crippen molar-refractivity contribution in [2.45, 2.75) is 6.92 Å². The highest BCUT2D eigenvalue weighted by molar-refractivity contribution is 6.05. The first-order valence-electron chi connectivity index (χ1n) is 9.65. The normalized spacial score (nSPS) is 11.0. The van der Waals surface area contributed by atoms with Crippen LogP contribution in [0, 0.1) is 23.3 Å². The third kappa shape index (κ3) is 4.04. The summed E-state index contributed by atoms with van der Waals surface area (Å²) in [6, 6.07) is 11.4. The number of rotatable bonds is 6. The van der Waals surface area contributed by atoms with Crippen LogP contribution in [0.25, 0.3) is 16.7 Å². The van der Waals surface area contributed by atoms with Crippen LogP contribution in [0.3, 0.4) is 0 Å². The fraction of sp³-hybridized carbons (Fsp3) is 0.136. The van der Waals surface area contributed by atoms with E-state index in [-0.39, 0.29) is 5.69 Å². The molecule has 1 amide bonds. The maximum atomic E-state index is 14.2. The zero-order chi connectivity index (χ0) is 23.7. The lowest BCUT2D eigenvalue weighted by Gasteiger charge is -2.11. The van der Waals surface area contributed by atoms with Gasteiger partial charge >= 0.3 is 0 Å². The third-order valence-electron chi connectivity index (χ3n) is 4.67. The van der Waals surface area contributed by atoms with Gasteiger partial charge in [0.1, 0.15) is 22.3 Å². The number of methoxy groups -OCH3 is 1. The van der Waals surface area contributed by atoms with Gasteiger partial charge in [0.2, 0.25) is 11.6 Å². The molecule has 0 aliphatic carbocycles. The predicted molar refractivity (Wildman–Crippen MR) is 111 cm³/mol. The second-order valence-corrected chi connectivity index (χ2v) is 6.74. The van der Waals surface area contributed by atoms with Crippen LogP contribution in [0.1, 0.15) is 17.3 Å². The zero-order valence-electron chi connectivity index (χ0n) is 17.3. The van der Waals surface area contributed by atoms with Gasteiger partial charge < -0.3 is 14.8 Å². The number of anilines is 1. The topological polar surface area (TPSA) is 78.3 Å². The van der Waals surface area contributed by atoms with Crippen molar-refractivity contribution in [2.24, 2.45) is 0 Å². The van der Waals surface area contributed by atoms with Crippen molar-refractivity contribution in [3.05, 3.63) is 71.3 Å². The van der Waals surface area contributed by atoms with Crippen molar-refractivity contribution in [3.63, 3.8) is 0 Å². The summed E-state index contributed by atoms with van der Waals surface area (Å²) in [5, 5.41) is 10.8. The fourth-order valence-electron chi connectivity index (χ4n) is 3.13. The molecule has 11 heteroatoms. The van der Waals surface area contributed by atoms with E-state index in [9.17, 15) is 22.4 Å². The van der Waals surface area contributed by atoms with E-state index < -0.39 is 40.5 Å². The molecule has 0 saturated heterocycles. The number of halogens is 4. The number of fused-ring (bicyclic) bond motifs is 1. The summed E-state index contributed by atoms with van der Waals surface area (Å²) in [4.78, 5) is 13.8. The van der Waals surface area contributed by atoms with Crippen LogP contribution < -0.4 is 14.8 Å². The van der Waals surface area contributed by atoms with E-state index in [1.807, 2.05) is 6.92 Å². The molecule has 0 aliphatic heterocycles. The van der Waals surface area contributed by atoms with Gasteiger partial charge in [0.05, 0.1) is 19.4 Å². The molecule has 1 aromatic heterocycles. The van der Waals surface area contributed by atoms with E-state index in [0.717, 1.165) is 7.11 Å². The Labute approximate surface area is 184 Å². The largest absolute Gasteiger partial charge is 0.494 e. The van der Waals surface area contributed by atoms with Gasteiger partial charge in [-0.05, 0) is 49.4 Å². The Kier molecular flexibility index (Phi) is 5.86. The molecule has 1 heterocycles. The molecule has 0 saturated carbocycles. The first-order chi connectivity index (χ1) is 15.8. The molecular weight excluding hydrogens is 444 g/mol. The highest BCUT2D eigenvalue weighted by Gasteiger charge is 2.30. The zero-order valence-corrected chi connectivity index (χ0v) is 17.3. The van der Waals surface area contributed by atoms with Gasteiger partial charge in [-0.1, -0.05) is 0 Å². The molecule has 7 nitrogen and oxygen atoms in total. The molecule has 0 unspecified atom stereocenters. The highest BCUT2D eigenvalue weighted by atomic mass is 19.2. The lowest BCUT2D eigenvalue weighted by Crippen LogP contribution is -2.18. The number of nitrogens with zero attached hydrogens (tertiary/aromatic N) is 3. The molecule has 0 aliphatic rings. The average Bonchev–Trinajstić information content (AvgIpc) is 3.22. The van der Waals surface area contributed by atoms with Crippen LogP contribution in [-0.4, -0.2) is 34.6 Å². The number of ether oxygens (including phenoxy) is 2. The standard InChI is InChI=1S/C22H16F4N4O3/c1-3-33-13-7-5-12(6-8-13)30-28-14-9-4-11(10-15(14)29-30)27-22(31)16-17(23)19(25)21(32-2)20(26)18(16)24/h4-10H,3H2,1-2H3,(H,27,31). The molecule has 3 aromatic carbocycles. The molecule has 4 rings (SSSR count). The minimum atomic E-state index is -1.87. The Morgan fingerprint density at radius 3 is 2.18 bits per heavy atom. The molecule has 0 atom stereocenters. The number of hydrogen-bond donors (Lipinski definition) is 1. The van der Waals surface area contributed by atoms with Crippen LogP contribution in [0.15, 0.2) is 42.5 Å². The number of benzene rings is 3. The average molecular weight is 460 g/mol. The quantitative estimate of drug-likeness (QED) is 0.335. The maximum absolute atomic E-state index is 14.2. The van der Waals surface area contributed by atoms with Crippen molar-refractivity contribution in [3.8, 4) is 17.2 Å². The Morgan fingerprint density at radius 1 is 0.939 bits per heavy atom. The minimum Gasteiger partial charge on any atom is -0.494 e. The molecule has 1 N–H and O–H groups in total. The summed E-state index contributed by atoms with van der Waals surface area (Å²) in [6.07, 6.45) is 0. The van der Waals surface area contributed by atoms with E-state index >= 15 is 0 Å². The van der Waals surface area contributed by atoms with Gasteiger partial charge in [0.15, 0.2) is 17.4 Å². The van der Waals surface area contributed by atoms with E-state index in [4.69, 9.17) is 4.74 Å². The van der Waals surface area contributed by atoms with E-state index in [0.29, 0.717) is 29.1 Å². The fourth-order valence-corrected chi connectivity index (χ4v) is 3.13. The van der Waals surface area contributed by atoms with Crippen molar-refractivity contribution in [1.82, 2.24) is 15.0 Å². The van der Waals surface area contributed by atoms with E-state index in [1.165, 1.54) is 23.0 Å². The smallest absolute Gasteiger partial charge is 0.261 e. The number of amides is 1.